The Bertz CT molecular complexity index is 283. The fourth-order valence-corrected chi connectivity index (χ4v) is 1.53. The van der Waals surface area contributed by atoms with Crippen LogP contribution in [0.15, 0.2) is 12.4 Å². The minimum atomic E-state index is -0.968. The lowest BCUT2D eigenvalue weighted by molar-refractivity contribution is 0.0169. The van der Waals surface area contributed by atoms with Gasteiger partial charge in [0.25, 0.3) is 0 Å². The molecule has 0 amide bonds. The molecule has 0 saturated carbocycles. The van der Waals surface area contributed by atoms with Crippen molar-refractivity contribution in [2.45, 2.75) is 18.6 Å². The third kappa shape index (κ3) is 3.16. The standard InChI is InChI=1S/C8H10BrClN2O2/c9-2-1-6(13)7(14)5-3-11-8(10)12-4-5/h3-4,6-7,13-14H,1-2H2. The van der Waals surface area contributed by atoms with Crippen molar-refractivity contribution in [2.24, 2.45) is 0 Å². The maximum atomic E-state index is 9.62. The van der Waals surface area contributed by atoms with Crippen LogP contribution in [0, 0.1) is 0 Å². The highest BCUT2D eigenvalue weighted by Gasteiger charge is 2.18. The van der Waals surface area contributed by atoms with Gasteiger partial charge in [-0.1, -0.05) is 15.9 Å². The predicted molar refractivity (Wildman–Crippen MR) is 56.4 cm³/mol. The van der Waals surface area contributed by atoms with Crippen molar-refractivity contribution in [2.75, 3.05) is 5.33 Å². The van der Waals surface area contributed by atoms with Gasteiger partial charge in [0.15, 0.2) is 0 Å². The van der Waals surface area contributed by atoms with E-state index in [0.717, 1.165) is 0 Å². The monoisotopic (exact) mass is 280 g/mol. The number of nitrogens with zero attached hydrogens (tertiary/aromatic N) is 2. The van der Waals surface area contributed by atoms with E-state index in [1.165, 1.54) is 12.4 Å². The van der Waals surface area contributed by atoms with Crippen molar-refractivity contribution in [3.63, 3.8) is 0 Å². The maximum absolute atomic E-state index is 9.62. The van der Waals surface area contributed by atoms with Gasteiger partial charge in [0.1, 0.15) is 6.10 Å². The van der Waals surface area contributed by atoms with E-state index in [1.54, 1.807) is 0 Å². The van der Waals surface area contributed by atoms with E-state index in [9.17, 15) is 10.2 Å². The highest BCUT2D eigenvalue weighted by molar-refractivity contribution is 9.09. The normalized spacial score (nSPS) is 15.1. The summed E-state index contributed by atoms with van der Waals surface area (Å²) in [5.41, 5.74) is 0.461. The molecule has 0 aliphatic rings. The average Bonchev–Trinajstić information content (AvgIpc) is 2.18. The van der Waals surface area contributed by atoms with Crippen molar-refractivity contribution >= 4 is 27.5 Å². The van der Waals surface area contributed by atoms with Crippen LogP contribution in [0.25, 0.3) is 0 Å². The number of aliphatic hydroxyl groups excluding tert-OH is 2. The average molecular weight is 282 g/mol. The van der Waals surface area contributed by atoms with Crippen LogP contribution in [-0.4, -0.2) is 31.6 Å². The zero-order chi connectivity index (χ0) is 10.6. The molecule has 1 heterocycles. The van der Waals surface area contributed by atoms with E-state index in [-0.39, 0.29) is 5.28 Å². The largest absolute Gasteiger partial charge is 0.390 e. The minimum absolute atomic E-state index is 0.121. The number of hydrogen-bond acceptors (Lipinski definition) is 4. The molecule has 4 nitrogen and oxygen atoms in total. The molecule has 0 saturated heterocycles. The van der Waals surface area contributed by atoms with Crippen LogP contribution < -0.4 is 0 Å². The zero-order valence-corrected chi connectivity index (χ0v) is 9.61. The summed E-state index contributed by atoms with van der Waals surface area (Å²) in [6.07, 6.45) is 1.47. The summed E-state index contributed by atoms with van der Waals surface area (Å²) in [6, 6.07) is 0. The summed E-state index contributed by atoms with van der Waals surface area (Å²) in [5, 5.41) is 19.8. The molecule has 0 spiro atoms. The molecule has 0 aromatic carbocycles. The third-order valence-corrected chi connectivity index (χ3v) is 2.40. The van der Waals surface area contributed by atoms with Gasteiger partial charge in [-0.25, -0.2) is 9.97 Å². The first-order valence-corrected chi connectivity index (χ1v) is 5.54. The Morgan fingerprint density at radius 2 is 1.93 bits per heavy atom. The molecule has 0 fully saturated rings. The van der Waals surface area contributed by atoms with Crippen LogP contribution in [0.4, 0.5) is 0 Å². The van der Waals surface area contributed by atoms with Crippen molar-refractivity contribution in [1.82, 2.24) is 9.97 Å². The van der Waals surface area contributed by atoms with E-state index in [4.69, 9.17) is 11.6 Å². The van der Waals surface area contributed by atoms with Crippen LogP contribution >= 0.6 is 27.5 Å². The highest BCUT2D eigenvalue weighted by Crippen LogP contribution is 2.18. The van der Waals surface area contributed by atoms with Crippen LogP contribution in [-0.2, 0) is 0 Å². The van der Waals surface area contributed by atoms with Gasteiger partial charge in [0.05, 0.1) is 6.10 Å². The molecule has 2 N–H and O–H groups in total. The third-order valence-electron chi connectivity index (χ3n) is 1.75. The Hall–Kier alpha value is -0.230. The van der Waals surface area contributed by atoms with Gasteiger partial charge in [0.2, 0.25) is 5.28 Å². The van der Waals surface area contributed by atoms with Crippen LogP contribution in [0.3, 0.4) is 0 Å². The fraction of sp³-hybridized carbons (Fsp3) is 0.500. The molecular formula is C8H10BrClN2O2. The summed E-state index contributed by atoms with van der Waals surface area (Å²) in [7, 11) is 0. The molecule has 2 unspecified atom stereocenters. The molecule has 14 heavy (non-hydrogen) atoms. The van der Waals surface area contributed by atoms with Crippen LogP contribution in [0.5, 0.6) is 0 Å². The fourth-order valence-electron chi connectivity index (χ4n) is 0.967. The first-order valence-electron chi connectivity index (χ1n) is 4.04. The summed E-state index contributed by atoms with van der Waals surface area (Å²) in [6.45, 7) is 0. The molecule has 1 aromatic rings. The molecule has 0 radical (unpaired) electrons. The number of halogens is 2. The number of aliphatic hydroxyl groups is 2. The molecule has 1 rings (SSSR count). The van der Waals surface area contributed by atoms with Crippen LogP contribution in [0.1, 0.15) is 18.1 Å². The van der Waals surface area contributed by atoms with Gasteiger partial charge < -0.3 is 10.2 Å². The van der Waals surface area contributed by atoms with Crippen molar-refractivity contribution in [1.29, 1.82) is 0 Å². The molecule has 0 bridgehead atoms. The SMILES string of the molecule is OC(CCBr)C(O)c1cnc(Cl)nc1. The number of rotatable bonds is 4. The number of alkyl halides is 1. The Kier molecular flexibility index (Phi) is 4.74. The Balaban J connectivity index is 2.68. The number of aromatic nitrogens is 2. The second-order valence-electron chi connectivity index (χ2n) is 2.78. The number of hydrogen-bond donors (Lipinski definition) is 2. The lowest BCUT2D eigenvalue weighted by Crippen LogP contribution is -2.18. The Morgan fingerprint density at radius 1 is 1.36 bits per heavy atom. The Morgan fingerprint density at radius 3 is 2.43 bits per heavy atom. The van der Waals surface area contributed by atoms with Crippen molar-refractivity contribution in [3.05, 3.63) is 23.2 Å². The second kappa shape index (κ2) is 5.60. The maximum Gasteiger partial charge on any atom is 0.222 e. The summed E-state index contributed by atoms with van der Waals surface area (Å²) in [5.74, 6) is 0. The van der Waals surface area contributed by atoms with E-state index in [2.05, 4.69) is 25.9 Å². The topological polar surface area (TPSA) is 66.2 Å². The molecular weight excluding hydrogens is 271 g/mol. The first kappa shape index (κ1) is 11.8. The van der Waals surface area contributed by atoms with Gasteiger partial charge in [-0.15, -0.1) is 0 Å². The molecule has 0 aliphatic carbocycles. The summed E-state index contributed by atoms with van der Waals surface area (Å²) >= 11 is 8.66. The lowest BCUT2D eigenvalue weighted by atomic mass is 10.1. The predicted octanol–water partition coefficient (Wildman–Crippen LogP) is 1.31. The van der Waals surface area contributed by atoms with Gasteiger partial charge in [-0.3, -0.25) is 0 Å². The molecule has 2 atom stereocenters. The van der Waals surface area contributed by atoms with Gasteiger partial charge in [-0.05, 0) is 18.0 Å². The smallest absolute Gasteiger partial charge is 0.222 e. The first-order chi connectivity index (χ1) is 6.65. The highest BCUT2D eigenvalue weighted by atomic mass is 79.9. The van der Waals surface area contributed by atoms with Gasteiger partial charge in [0, 0.05) is 23.3 Å². The van der Waals surface area contributed by atoms with E-state index in [1.807, 2.05) is 0 Å². The minimum Gasteiger partial charge on any atom is -0.390 e. The summed E-state index contributed by atoms with van der Waals surface area (Å²) < 4.78 is 0. The van der Waals surface area contributed by atoms with Crippen LogP contribution in [0.2, 0.25) is 5.28 Å². The van der Waals surface area contributed by atoms with Crippen molar-refractivity contribution in [3.8, 4) is 0 Å². The molecule has 78 valence electrons. The molecule has 1 aromatic heterocycles. The van der Waals surface area contributed by atoms with Crippen molar-refractivity contribution < 1.29 is 10.2 Å². The van der Waals surface area contributed by atoms with E-state index in [0.29, 0.717) is 17.3 Å². The van der Waals surface area contributed by atoms with E-state index >= 15 is 0 Å². The second-order valence-corrected chi connectivity index (χ2v) is 3.91. The summed E-state index contributed by atoms with van der Waals surface area (Å²) in [4.78, 5) is 7.43. The quantitative estimate of drug-likeness (QED) is 0.645. The van der Waals surface area contributed by atoms with Gasteiger partial charge >= 0.3 is 0 Å². The Labute approximate surface area is 95.1 Å². The lowest BCUT2D eigenvalue weighted by Gasteiger charge is -2.16. The molecule has 6 heteroatoms. The molecule has 0 aliphatic heterocycles. The zero-order valence-electron chi connectivity index (χ0n) is 7.27. The van der Waals surface area contributed by atoms with E-state index < -0.39 is 12.2 Å². The van der Waals surface area contributed by atoms with Gasteiger partial charge in [-0.2, -0.15) is 0 Å².